The average Bonchev–Trinajstić information content (AvgIpc) is 2.57. The monoisotopic (exact) mass is 364 g/mol. The predicted octanol–water partition coefficient (Wildman–Crippen LogP) is 4.72. The van der Waals surface area contributed by atoms with Gasteiger partial charge in [-0.1, -0.05) is 24.3 Å². The van der Waals surface area contributed by atoms with Crippen molar-refractivity contribution in [2.75, 3.05) is 0 Å². The van der Waals surface area contributed by atoms with Crippen molar-refractivity contribution in [3.05, 3.63) is 65.0 Å². The molecular weight excluding hydrogens is 336 g/mol. The largest absolute Gasteiger partial charge is 0.488 e. The summed E-state index contributed by atoms with van der Waals surface area (Å²) in [5.74, 6) is 0.611. The number of hydrogen-bond donors (Lipinski definition) is 1. The van der Waals surface area contributed by atoms with Crippen LogP contribution in [-0.4, -0.2) is 22.3 Å². The Morgan fingerprint density at radius 1 is 1.19 bits per heavy atom. The first-order valence-electron chi connectivity index (χ1n) is 9.34. The van der Waals surface area contributed by atoms with E-state index in [9.17, 15) is 4.79 Å². The minimum Gasteiger partial charge on any atom is -0.488 e. The van der Waals surface area contributed by atoms with Gasteiger partial charge in [-0.15, -0.1) is 0 Å². The third kappa shape index (κ3) is 4.45. The molecule has 0 saturated heterocycles. The van der Waals surface area contributed by atoms with Gasteiger partial charge in [0.1, 0.15) is 12.4 Å². The summed E-state index contributed by atoms with van der Waals surface area (Å²) in [4.78, 5) is 16.1. The number of nitrogens with zero attached hydrogens (tertiary/aromatic N) is 1. The molecule has 0 bridgehead atoms. The van der Waals surface area contributed by atoms with Gasteiger partial charge in [-0.05, 0) is 64.3 Å². The number of carbonyl (C=O) groups is 1. The summed E-state index contributed by atoms with van der Waals surface area (Å²) in [5, 5.41) is 3.66. The van der Waals surface area contributed by atoms with Crippen molar-refractivity contribution in [1.82, 2.24) is 10.3 Å². The van der Waals surface area contributed by atoms with Gasteiger partial charge in [-0.25, -0.2) is 0 Å². The fraction of sp³-hybridized carbons (Fsp3) is 0.391. The van der Waals surface area contributed by atoms with E-state index < -0.39 is 0 Å². The molecule has 27 heavy (non-hydrogen) atoms. The van der Waals surface area contributed by atoms with E-state index in [-0.39, 0.29) is 11.1 Å². The van der Waals surface area contributed by atoms with Crippen molar-refractivity contribution in [3.63, 3.8) is 0 Å². The van der Waals surface area contributed by atoms with Crippen molar-refractivity contribution in [2.24, 2.45) is 0 Å². The molecule has 4 nitrogen and oxygen atoms in total. The van der Waals surface area contributed by atoms with Gasteiger partial charge in [0.2, 0.25) is 0 Å². The fourth-order valence-electron chi connectivity index (χ4n) is 4.00. The van der Waals surface area contributed by atoms with E-state index in [1.807, 2.05) is 43.5 Å². The van der Waals surface area contributed by atoms with E-state index in [1.165, 1.54) is 5.57 Å². The van der Waals surface area contributed by atoms with Crippen LogP contribution < -0.4 is 10.1 Å². The number of aldehydes is 1. The van der Waals surface area contributed by atoms with E-state index in [0.29, 0.717) is 17.9 Å². The van der Waals surface area contributed by atoms with Gasteiger partial charge in [-0.2, -0.15) is 0 Å². The zero-order valence-electron chi connectivity index (χ0n) is 16.8. The molecule has 2 heterocycles. The minimum absolute atomic E-state index is 0.00946. The van der Waals surface area contributed by atoms with Gasteiger partial charge in [0.05, 0.1) is 11.3 Å². The Kier molecular flexibility index (Phi) is 5.20. The van der Waals surface area contributed by atoms with Crippen LogP contribution in [0.2, 0.25) is 0 Å². The van der Waals surface area contributed by atoms with Crippen molar-refractivity contribution >= 4 is 11.9 Å². The van der Waals surface area contributed by atoms with E-state index in [0.717, 1.165) is 29.5 Å². The lowest BCUT2D eigenvalue weighted by Gasteiger charge is -2.41. The second kappa shape index (κ2) is 7.28. The molecule has 0 fully saturated rings. The molecule has 0 unspecified atom stereocenters. The SMILES string of the molecule is Cc1cccc(OCc2cccnc2C2=CC(C)(C)NC(C)(C)C2)c1C=O. The number of aromatic nitrogens is 1. The van der Waals surface area contributed by atoms with Crippen LogP contribution in [0, 0.1) is 6.92 Å². The van der Waals surface area contributed by atoms with Crippen LogP contribution in [0.4, 0.5) is 0 Å². The number of aryl methyl sites for hydroxylation is 1. The first-order valence-corrected chi connectivity index (χ1v) is 9.34. The minimum atomic E-state index is -0.103. The molecule has 3 rings (SSSR count). The van der Waals surface area contributed by atoms with Gasteiger partial charge in [0.25, 0.3) is 0 Å². The quantitative estimate of drug-likeness (QED) is 0.780. The lowest BCUT2D eigenvalue weighted by molar-refractivity contribution is 0.111. The Hall–Kier alpha value is -2.46. The third-order valence-corrected chi connectivity index (χ3v) is 4.81. The van der Waals surface area contributed by atoms with E-state index in [2.05, 4.69) is 44.1 Å². The molecule has 1 aliphatic heterocycles. The highest BCUT2D eigenvalue weighted by atomic mass is 16.5. The molecule has 142 valence electrons. The number of pyridine rings is 1. The summed E-state index contributed by atoms with van der Waals surface area (Å²) in [6.45, 7) is 11.1. The number of nitrogens with one attached hydrogen (secondary N) is 1. The van der Waals surface area contributed by atoms with Crippen molar-refractivity contribution in [2.45, 2.75) is 58.7 Å². The number of carbonyl (C=O) groups excluding carboxylic acids is 1. The molecule has 4 heteroatoms. The van der Waals surface area contributed by atoms with E-state index in [4.69, 9.17) is 4.74 Å². The molecule has 2 aromatic rings. The van der Waals surface area contributed by atoms with Crippen LogP contribution in [-0.2, 0) is 6.61 Å². The first kappa shape index (κ1) is 19.3. The molecule has 0 amide bonds. The number of ether oxygens (including phenoxy) is 1. The molecule has 0 aliphatic carbocycles. The van der Waals surface area contributed by atoms with Crippen LogP contribution in [0.3, 0.4) is 0 Å². The van der Waals surface area contributed by atoms with Crippen LogP contribution >= 0.6 is 0 Å². The molecule has 1 aliphatic rings. The van der Waals surface area contributed by atoms with E-state index in [1.54, 1.807) is 0 Å². The lowest BCUT2D eigenvalue weighted by Crippen LogP contribution is -2.53. The molecule has 1 aromatic carbocycles. The topological polar surface area (TPSA) is 51.2 Å². The Bertz CT molecular complexity index is 882. The van der Waals surface area contributed by atoms with Crippen LogP contribution in [0.25, 0.3) is 5.57 Å². The summed E-state index contributed by atoms with van der Waals surface area (Å²) >= 11 is 0. The maximum absolute atomic E-state index is 11.4. The number of rotatable bonds is 5. The summed E-state index contributed by atoms with van der Waals surface area (Å²) in [7, 11) is 0. The lowest BCUT2D eigenvalue weighted by atomic mass is 9.81. The number of hydrogen-bond acceptors (Lipinski definition) is 4. The molecule has 1 aromatic heterocycles. The Morgan fingerprint density at radius 2 is 1.96 bits per heavy atom. The normalized spacial score (nSPS) is 17.9. The second-order valence-electron chi connectivity index (χ2n) is 8.48. The summed E-state index contributed by atoms with van der Waals surface area (Å²) in [5.41, 5.74) is 4.63. The molecule has 0 saturated carbocycles. The van der Waals surface area contributed by atoms with Gasteiger partial charge in [-0.3, -0.25) is 9.78 Å². The zero-order valence-corrected chi connectivity index (χ0v) is 16.8. The Morgan fingerprint density at radius 3 is 2.67 bits per heavy atom. The maximum atomic E-state index is 11.4. The van der Waals surface area contributed by atoms with Crippen LogP contribution in [0.5, 0.6) is 5.75 Å². The molecule has 0 radical (unpaired) electrons. The Labute approximate surface area is 161 Å². The summed E-state index contributed by atoms with van der Waals surface area (Å²) in [6, 6.07) is 9.62. The maximum Gasteiger partial charge on any atom is 0.154 e. The number of benzene rings is 1. The van der Waals surface area contributed by atoms with Gasteiger partial charge >= 0.3 is 0 Å². The Balaban J connectivity index is 1.91. The highest BCUT2D eigenvalue weighted by molar-refractivity contribution is 5.81. The molecule has 0 spiro atoms. The van der Waals surface area contributed by atoms with E-state index >= 15 is 0 Å². The van der Waals surface area contributed by atoms with Crippen molar-refractivity contribution in [1.29, 1.82) is 0 Å². The van der Waals surface area contributed by atoms with Crippen molar-refractivity contribution in [3.8, 4) is 5.75 Å². The van der Waals surface area contributed by atoms with Crippen molar-refractivity contribution < 1.29 is 9.53 Å². The first-order chi connectivity index (χ1) is 12.7. The third-order valence-electron chi connectivity index (χ3n) is 4.81. The average molecular weight is 364 g/mol. The molecular formula is C23H28N2O2. The van der Waals surface area contributed by atoms with Gasteiger partial charge in [0, 0.05) is 22.8 Å². The zero-order chi connectivity index (χ0) is 19.7. The smallest absolute Gasteiger partial charge is 0.154 e. The van der Waals surface area contributed by atoms with Gasteiger partial charge < -0.3 is 10.1 Å². The highest BCUT2D eigenvalue weighted by Gasteiger charge is 2.33. The van der Waals surface area contributed by atoms with Crippen LogP contribution in [0.15, 0.2) is 42.6 Å². The molecule has 1 N–H and O–H groups in total. The summed E-state index contributed by atoms with van der Waals surface area (Å²) in [6.07, 6.45) is 5.83. The second-order valence-corrected chi connectivity index (χ2v) is 8.48. The standard InChI is InChI=1S/C23H28N2O2/c1-16-8-6-10-20(19(16)14-26)27-15-17-9-7-11-24-21(17)18-12-22(2,3)25-23(4,5)13-18/h6-12,14,25H,13,15H2,1-5H3. The van der Waals surface area contributed by atoms with Gasteiger partial charge in [0.15, 0.2) is 6.29 Å². The molecule has 0 atom stereocenters. The summed E-state index contributed by atoms with van der Waals surface area (Å²) < 4.78 is 6.02. The highest BCUT2D eigenvalue weighted by Crippen LogP contribution is 2.34. The predicted molar refractivity (Wildman–Crippen MR) is 109 cm³/mol. The fourth-order valence-corrected chi connectivity index (χ4v) is 4.00. The van der Waals surface area contributed by atoms with Crippen LogP contribution in [0.1, 0.15) is 61.3 Å².